The molecule has 0 saturated heterocycles. The zero-order chi connectivity index (χ0) is 30.0. The molecule has 40 heavy (non-hydrogen) atoms. The summed E-state index contributed by atoms with van der Waals surface area (Å²) >= 11 is 5.55. The highest BCUT2D eigenvalue weighted by molar-refractivity contribution is 7.92. The Morgan fingerprint density at radius 2 is 1.60 bits per heavy atom. The van der Waals surface area contributed by atoms with Gasteiger partial charge in [-0.2, -0.15) is 13.2 Å². The van der Waals surface area contributed by atoms with Crippen molar-refractivity contribution in [1.29, 1.82) is 0 Å². The van der Waals surface area contributed by atoms with Gasteiger partial charge in [0.2, 0.25) is 15.9 Å². The third-order valence-electron chi connectivity index (χ3n) is 5.33. The number of nitrogens with zero attached hydrogens (tertiary/aromatic N) is 2. The van der Waals surface area contributed by atoms with Crippen LogP contribution >= 0.6 is 11.6 Å². The fourth-order valence-corrected chi connectivity index (χ4v) is 5.61. The molecule has 0 unspecified atom stereocenters. The number of hydrogen-bond donors (Lipinski definition) is 2. The summed E-state index contributed by atoms with van der Waals surface area (Å²) in [6.45, 7) is 0.761. The molecule has 3 aromatic rings. The van der Waals surface area contributed by atoms with E-state index in [9.17, 15) is 44.9 Å². The first-order valence-corrected chi connectivity index (χ1v) is 14.6. The number of hydrogen-bond acceptors (Lipinski definition) is 7. The summed E-state index contributed by atoms with van der Waals surface area (Å²) in [7, 11) is -8.40. The first-order chi connectivity index (χ1) is 18.4. The van der Waals surface area contributed by atoms with Crippen molar-refractivity contribution in [3.63, 3.8) is 0 Å². The SMILES string of the molecule is Cc1ccc([N+](=O)[O-])cc1N(CC(=O)Nc1ccc(S(=O)(=O)Nc2ccc(Cl)c(C(F)(F)F)c2)cc1)S(C)(=O)=O. The number of non-ortho nitro benzene ring substituents is 1. The molecule has 0 heterocycles. The van der Waals surface area contributed by atoms with Crippen LogP contribution in [0.3, 0.4) is 0 Å². The molecule has 0 radical (unpaired) electrons. The van der Waals surface area contributed by atoms with Crippen LogP contribution in [0.1, 0.15) is 11.1 Å². The van der Waals surface area contributed by atoms with Gasteiger partial charge in [0.05, 0.1) is 32.3 Å². The van der Waals surface area contributed by atoms with Gasteiger partial charge in [-0.3, -0.25) is 23.9 Å². The van der Waals surface area contributed by atoms with E-state index in [4.69, 9.17) is 11.6 Å². The van der Waals surface area contributed by atoms with Crippen LogP contribution < -0.4 is 14.3 Å². The highest BCUT2D eigenvalue weighted by Crippen LogP contribution is 2.36. The van der Waals surface area contributed by atoms with Crippen molar-refractivity contribution in [2.24, 2.45) is 0 Å². The lowest BCUT2D eigenvalue weighted by atomic mass is 10.2. The average molecular weight is 621 g/mol. The zero-order valence-electron chi connectivity index (χ0n) is 20.6. The number of benzene rings is 3. The topological polar surface area (TPSA) is 156 Å². The van der Waals surface area contributed by atoms with Gasteiger partial charge in [-0.25, -0.2) is 16.8 Å². The molecule has 0 saturated carbocycles. The van der Waals surface area contributed by atoms with Crippen LogP contribution in [0.2, 0.25) is 5.02 Å². The smallest absolute Gasteiger partial charge is 0.325 e. The molecule has 0 aromatic heterocycles. The van der Waals surface area contributed by atoms with Crippen LogP contribution in [0.15, 0.2) is 65.6 Å². The molecule has 3 aromatic carbocycles. The van der Waals surface area contributed by atoms with Gasteiger partial charge < -0.3 is 5.32 Å². The molecule has 0 bridgehead atoms. The molecule has 1 amide bonds. The molecule has 11 nitrogen and oxygen atoms in total. The molecule has 0 aliphatic rings. The average Bonchev–Trinajstić information content (AvgIpc) is 2.83. The second-order valence-corrected chi connectivity index (χ2v) is 12.4. The number of carbonyl (C=O) groups is 1. The van der Waals surface area contributed by atoms with Gasteiger partial charge in [0.1, 0.15) is 6.54 Å². The Labute approximate surface area is 231 Å². The lowest BCUT2D eigenvalue weighted by Gasteiger charge is -2.23. The maximum atomic E-state index is 13.1. The lowest BCUT2D eigenvalue weighted by Crippen LogP contribution is -2.37. The minimum atomic E-state index is -4.81. The summed E-state index contributed by atoms with van der Waals surface area (Å²) in [6.07, 6.45) is -3.98. The summed E-state index contributed by atoms with van der Waals surface area (Å²) in [6, 6.07) is 10.5. The summed E-state index contributed by atoms with van der Waals surface area (Å²) < 4.78 is 92.1. The molecule has 3 rings (SSSR count). The molecule has 0 fully saturated rings. The first-order valence-electron chi connectivity index (χ1n) is 10.9. The predicted molar refractivity (Wildman–Crippen MR) is 142 cm³/mol. The van der Waals surface area contributed by atoms with E-state index < -0.39 is 54.2 Å². The van der Waals surface area contributed by atoms with Crippen LogP contribution in [-0.4, -0.2) is 40.5 Å². The lowest BCUT2D eigenvalue weighted by molar-refractivity contribution is -0.384. The van der Waals surface area contributed by atoms with E-state index in [1.54, 1.807) is 0 Å². The Hall–Kier alpha value is -3.89. The van der Waals surface area contributed by atoms with Gasteiger partial charge in [0, 0.05) is 23.5 Å². The Kier molecular flexibility index (Phi) is 8.66. The summed E-state index contributed by atoms with van der Waals surface area (Å²) in [4.78, 5) is 22.7. The number of carbonyl (C=O) groups excluding carboxylic acids is 1. The van der Waals surface area contributed by atoms with E-state index in [1.807, 2.05) is 4.72 Å². The van der Waals surface area contributed by atoms with Crippen LogP contribution in [0, 0.1) is 17.0 Å². The molecular weight excluding hydrogens is 601 g/mol. The van der Waals surface area contributed by atoms with E-state index in [0.29, 0.717) is 15.9 Å². The van der Waals surface area contributed by atoms with Gasteiger partial charge in [0.15, 0.2) is 0 Å². The zero-order valence-corrected chi connectivity index (χ0v) is 23.0. The van der Waals surface area contributed by atoms with Crippen molar-refractivity contribution in [3.8, 4) is 0 Å². The number of halogens is 4. The molecule has 0 spiro atoms. The minimum Gasteiger partial charge on any atom is -0.325 e. The molecule has 0 aliphatic carbocycles. The number of rotatable bonds is 9. The van der Waals surface area contributed by atoms with E-state index in [2.05, 4.69) is 5.32 Å². The summed E-state index contributed by atoms with van der Waals surface area (Å²) in [5.74, 6) is -0.842. The second kappa shape index (κ2) is 11.3. The first kappa shape index (κ1) is 30.6. The highest BCUT2D eigenvalue weighted by Gasteiger charge is 2.33. The third-order valence-corrected chi connectivity index (χ3v) is 8.19. The highest BCUT2D eigenvalue weighted by atomic mass is 35.5. The predicted octanol–water partition coefficient (Wildman–Crippen LogP) is 4.78. The maximum absolute atomic E-state index is 13.1. The fraction of sp³-hybridized carbons (Fsp3) is 0.174. The number of alkyl halides is 3. The van der Waals surface area contributed by atoms with E-state index >= 15 is 0 Å². The Morgan fingerprint density at radius 3 is 2.15 bits per heavy atom. The van der Waals surface area contributed by atoms with Gasteiger partial charge >= 0.3 is 6.18 Å². The van der Waals surface area contributed by atoms with Crippen molar-refractivity contribution in [1.82, 2.24) is 0 Å². The van der Waals surface area contributed by atoms with Gasteiger partial charge in [0.25, 0.3) is 15.7 Å². The van der Waals surface area contributed by atoms with Gasteiger partial charge in [-0.05, 0) is 55.0 Å². The number of sulfonamides is 2. The number of anilines is 3. The largest absolute Gasteiger partial charge is 0.417 e. The van der Waals surface area contributed by atoms with Crippen molar-refractivity contribution in [2.45, 2.75) is 18.0 Å². The van der Waals surface area contributed by atoms with Crippen molar-refractivity contribution in [2.75, 3.05) is 27.1 Å². The molecular formula is C23H20ClF3N4O7S2. The molecule has 0 atom stereocenters. The third kappa shape index (κ3) is 7.40. The van der Waals surface area contributed by atoms with Gasteiger partial charge in [-0.1, -0.05) is 17.7 Å². The van der Waals surface area contributed by atoms with Crippen molar-refractivity contribution in [3.05, 3.63) is 86.9 Å². The number of amides is 1. The summed E-state index contributed by atoms with van der Waals surface area (Å²) in [5.41, 5.74) is -1.64. The monoisotopic (exact) mass is 620 g/mol. The quantitative estimate of drug-likeness (QED) is 0.257. The van der Waals surface area contributed by atoms with Crippen LogP contribution in [0.4, 0.5) is 35.9 Å². The van der Waals surface area contributed by atoms with Gasteiger partial charge in [-0.15, -0.1) is 0 Å². The standard InChI is InChI=1S/C23H20ClF3N4O7S2/c1-14-3-7-17(31(33)34)12-21(14)30(39(2,35)36)13-22(32)28-15-4-8-18(9-5-15)40(37,38)29-16-6-10-20(24)19(11-16)23(25,26)27/h3-12,29H,13H2,1-2H3,(H,28,32). The Balaban J connectivity index is 1.77. The molecule has 214 valence electrons. The fourth-order valence-electron chi connectivity index (χ4n) is 3.43. The Bertz CT molecular complexity index is 1680. The summed E-state index contributed by atoms with van der Waals surface area (Å²) in [5, 5.41) is 12.9. The Morgan fingerprint density at radius 1 is 1.00 bits per heavy atom. The number of aryl methyl sites for hydroxylation is 1. The van der Waals surface area contributed by atoms with E-state index in [1.165, 1.54) is 31.2 Å². The molecule has 17 heteroatoms. The van der Waals surface area contributed by atoms with Crippen molar-refractivity contribution >= 4 is 60.3 Å². The van der Waals surface area contributed by atoms with Crippen LogP contribution in [0.25, 0.3) is 0 Å². The number of nitrogens with one attached hydrogen (secondary N) is 2. The van der Waals surface area contributed by atoms with Crippen molar-refractivity contribution < 1.29 is 39.7 Å². The minimum absolute atomic E-state index is 0.0685. The van der Waals surface area contributed by atoms with E-state index in [-0.39, 0.29) is 27.6 Å². The van der Waals surface area contributed by atoms with Crippen LogP contribution in [0.5, 0.6) is 0 Å². The second-order valence-electron chi connectivity index (χ2n) is 8.37. The molecule has 0 aliphatic heterocycles. The molecule has 2 N–H and O–H groups in total. The number of nitro groups is 1. The normalized spacial score (nSPS) is 12.1. The van der Waals surface area contributed by atoms with Crippen LogP contribution in [-0.2, 0) is 31.0 Å². The number of nitro benzene ring substituents is 1. The maximum Gasteiger partial charge on any atom is 0.417 e. The van der Waals surface area contributed by atoms with E-state index in [0.717, 1.165) is 36.6 Å².